The molecule has 0 amide bonds. The summed E-state index contributed by atoms with van der Waals surface area (Å²) in [7, 11) is 0. The first kappa shape index (κ1) is 34.3. The van der Waals surface area contributed by atoms with E-state index in [0.29, 0.717) is 12.7 Å². The van der Waals surface area contributed by atoms with Gasteiger partial charge in [0.1, 0.15) is 0 Å². The van der Waals surface area contributed by atoms with Gasteiger partial charge < -0.3 is 0 Å². The molecule has 0 spiro atoms. The molecule has 0 aliphatic carbocycles. The first-order valence-corrected chi connectivity index (χ1v) is 16.3. The van der Waals surface area contributed by atoms with Gasteiger partial charge in [0, 0.05) is 6.42 Å². The molecule has 0 aliphatic heterocycles. The largest absolute Gasteiger partial charge is 0.295 e. The molecule has 0 radical (unpaired) electrons. The summed E-state index contributed by atoms with van der Waals surface area (Å²) in [4.78, 5) is 21.1. The maximum Gasteiger partial charge on any atom is 0.195 e. The number of carbonyl (C=O) groups excluding carboxylic acids is 2. The number of aldehydes is 1. The molecule has 0 saturated carbocycles. The monoisotopic (exact) mass is 492 g/mol. The third-order valence-electron chi connectivity index (χ3n) is 7.66. The first-order chi connectivity index (χ1) is 17.3. The van der Waals surface area contributed by atoms with E-state index in [1.807, 2.05) is 0 Å². The number of hydrogen-bond donors (Lipinski definition) is 0. The molecule has 2 heteroatoms. The second kappa shape index (κ2) is 31.4. The Hall–Kier alpha value is -0.660. The van der Waals surface area contributed by atoms with E-state index in [2.05, 4.69) is 6.92 Å². The average molecular weight is 493 g/mol. The first-order valence-electron chi connectivity index (χ1n) is 16.3. The zero-order valence-electron chi connectivity index (χ0n) is 24.1. The van der Waals surface area contributed by atoms with Crippen LogP contribution in [0.4, 0.5) is 0 Å². The van der Waals surface area contributed by atoms with Gasteiger partial charge in [0.15, 0.2) is 12.1 Å². The lowest BCUT2D eigenvalue weighted by Crippen LogP contribution is -1.97. The van der Waals surface area contributed by atoms with Gasteiger partial charge in [0.25, 0.3) is 0 Å². The average Bonchev–Trinajstić information content (AvgIpc) is 2.87. The van der Waals surface area contributed by atoms with E-state index < -0.39 is 0 Å². The third-order valence-corrected chi connectivity index (χ3v) is 7.66. The van der Waals surface area contributed by atoms with Gasteiger partial charge in [-0.25, -0.2) is 0 Å². The van der Waals surface area contributed by atoms with Crippen molar-refractivity contribution >= 4 is 12.1 Å². The normalized spacial score (nSPS) is 11.2. The Morgan fingerprint density at radius 1 is 0.371 bits per heavy atom. The quantitative estimate of drug-likeness (QED) is 0.0547. The fourth-order valence-electron chi connectivity index (χ4n) is 5.20. The predicted octanol–water partition coefficient (Wildman–Crippen LogP) is 11.5. The van der Waals surface area contributed by atoms with Gasteiger partial charge in [-0.2, -0.15) is 0 Å². The van der Waals surface area contributed by atoms with E-state index in [4.69, 9.17) is 0 Å². The number of ketones is 1. The minimum Gasteiger partial charge on any atom is -0.295 e. The lowest BCUT2D eigenvalue weighted by Gasteiger charge is -2.04. The van der Waals surface area contributed by atoms with Crippen LogP contribution in [0.25, 0.3) is 0 Å². The Bertz CT molecular complexity index is 417. The number of Topliss-reactive ketones (excluding diaryl/α,β-unsaturated/α-hetero) is 1. The fraction of sp³-hybridized carbons (Fsp3) is 0.939. The topological polar surface area (TPSA) is 34.1 Å². The molecule has 0 unspecified atom stereocenters. The Balaban J connectivity index is 3.03. The second-order valence-electron chi connectivity index (χ2n) is 11.2. The number of rotatable bonds is 31. The molecular weight excluding hydrogens is 428 g/mol. The summed E-state index contributed by atoms with van der Waals surface area (Å²) in [5.74, 6) is -0.241. The molecule has 2 nitrogen and oxygen atoms in total. The molecule has 0 aromatic heterocycles. The molecule has 0 heterocycles. The van der Waals surface area contributed by atoms with Crippen molar-refractivity contribution in [3.63, 3.8) is 0 Å². The molecule has 0 aromatic carbocycles. The highest BCUT2D eigenvalue weighted by atomic mass is 16.2. The Morgan fingerprint density at radius 2 is 0.571 bits per heavy atom. The summed E-state index contributed by atoms with van der Waals surface area (Å²) in [5, 5.41) is 0. The molecule has 0 aliphatic rings. The van der Waals surface area contributed by atoms with Crippen LogP contribution in [0.3, 0.4) is 0 Å². The van der Waals surface area contributed by atoms with Gasteiger partial charge in [-0.15, -0.1) is 0 Å². The van der Waals surface area contributed by atoms with Crippen LogP contribution in [0.2, 0.25) is 0 Å². The van der Waals surface area contributed by atoms with E-state index in [1.165, 1.54) is 173 Å². The lowest BCUT2D eigenvalue weighted by atomic mass is 10.0. The molecule has 0 rings (SSSR count). The highest BCUT2D eigenvalue weighted by Gasteiger charge is 1.99. The highest BCUT2D eigenvalue weighted by molar-refractivity contribution is 6.24. The van der Waals surface area contributed by atoms with Crippen LogP contribution in [0.5, 0.6) is 0 Å². The number of carbonyl (C=O) groups is 2. The summed E-state index contributed by atoms with van der Waals surface area (Å²) < 4.78 is 0. The molecule has 35 heavy (non-hydrogen) atoms. The van der Waals surface area contributed by atoms with Gasteiger partial charge in [0.2, 0.25) is 0 Å². The predicted molar refractivity (Wildman–Crippen MR) is 155 cm³/mol. The zero-order valence-corrected chi connectivity index (χ0v) is 24.1. The highest BCUT2D eigenvalue weighted by Crippen LogP contribution is 2.16. The maximum absolute atomic E-state index is 10.9. The van der Waals surface area contributed by atoms with Crippen LogP contribution in [-0.2, 0) is 9.59 Å². The van der Waals surface area contributed by atoms with Gasteiger partial charge in [0.05, 0.1) is 0 Å². The summed E-state index contributed by atoms with van der Waals surface area (Å²) in [6.07, 6.45) is 41.5. The Labute approximate surface area is 221 Å². The lowest BCUT2D eigenvalue weighted by molar-refractivity contribution is -0.129. The molecule has 0 aromatic rings. The van der Waals surface area contributed by atoms with Crippen molar-refractivity contribution in [2.24, 2.45) is 0 Å². The SMILES string of the molecule is CCCCCCCCCCCCCCCCCCCCCCCCCCCCCCCC(=O)C=O. The van der Waals surface area contributed by atoms with Crippen LogP contribution in [0.1, 0.15) is 200 Å². The maximum atomic E-state index is 10.9. The smallest absolute Gasteiger partial charge is 0.195 e. The minimum absolute atomic E-state index is 0.241. The molecule has 208 valence electrons. The van der Waals surface area contributed by atoms with Crippen molar-refractivity contribution in [2.75, 3.05) is 0 Å². The van der Waals surface area contributed by atoms with Crippen molar-refractivity contribution in [1.29, 1.82) is 0 Å². The second-order valence-corrected chi connectivity index (χ2v) is 11.2. The minimum atomic E-state index is -0.241. The van der Waals surface area contributed by atoms with Crippen LogP contribution in [0.15, 0.2) is 0 Å². The standard InChI is InChI=1S/C33H64O2/c1-2-3-4-5-6-7-8-9-10-11-12-13-14-15-16-17-18-19-20-21-22-23-24-25-26-27-28-29-30-31-33(35)32-34/h32H,2-31H2,1H3. The Morgan fingerprint density at radius 3 is 0.771 bits per heavy atom. The molecule has 0 saturated heterocycles. The van der Waals surface area contributed by atoms with Crippen molar-refractivity contribution in [3.05, 3.63) is 0 Å². The number of hydrogen-bond acceptors (Lipinski definition) is 2. The van der Waals surface area contributed by atoms with Gasteiger partial charge in [-0.1, -0.05) is 187 Å². The van der Waals surface area contributed by atoms with Gasteiger partial charge >= 0.3 is 0 Å². The summed E-state index contributed by atoms with van der Waals surface area (Å²) >= 11 is 0. The van der Waals surface area contributed by atoms with Crippen molar-refractivity contribution < 1.29 is 9.59 Å². The van der Waals surface area contributed by atoms with E-state index in [0.717, 1.165) is 12.8 Å². The molecule has 0 atom stereocenters. The Kier molecular flexibility index (Phi) is 30.8. The fourth-order valence-corrected chi connectivity index (χ4v) is 5.20. The van der Waals surface area contributed by atoms with Crippen molar-refractivity contribution in [2.45, 2.75) is 200 Å². The molecule has 0 fully saturated rings. The van der Waals surface area contributed by atoms with Crippen LogP contribution in [-0.4, -0.2) is 12.1 Å². The molecular formula is C33H64O2. The van der Waals surface area contributed by atoms with E-state index in [-0.39, 0.29) is 5.78 Å². The molecule has 0 N–H and O–H groups in total. The summed E-state index contributed by atoms with van der Waals surface area (Å²) in [6.45, 7) is 2.30. The summed E-state index contributed by atoms with van der Waals surface area (Å²) in [5.41, 5.74) is 0. The van der Waals surface area contributed by atoms with Gasteiger partial charge in [-0.05, 0) is 6.42 Å². The van der Waals surface area contributed by atoms with Crippen LogP contribution in [0, 0.1) is 0 Å². The number of unbranched alkanes of at least 4 members (excludes halogenated alkanes) is 28. The third kappa shape index (κ3) is 31.3. The van der Waals surface area contributed by atoms with E-state index >= 15 is 0 Å². The van der Waals surface area contributed by atoms with Crippen LogP contribution < -0.4 is 0 Å². The van der Waals surface area contributed by atoms with Crippen molar-refractivity contribution in [1.82, 2.24) is 0 Å². The van der Waals surface area contributed by atoms with E-state index in [9.17, 15) is 9.59 Å². The van der Waals surface area contributed by atoms with Gasteiger partial charge in [-0.3, -0.25) is 9.59 Å². The van der Waals surface area contributed by atoms with E-state index in [1.54, 1.807) is 0 Å². The zero-order chi connectivity index (χ0) is 25.5. The van der Waals surface area contributed by atoms with Crippen LogP contribution >= 0.6 is 0 Å². The summed E-state index contributed by atoms with van der Waals surface area (Å²) in [6, 6.07) is 0. The molecule has 0 bridgehead atoms. The van der Waals surface area contributed by atoms with Crippen molar-refractivity contribution in [3.8, 4) is 0 Å².